The summed E-state index contributed by atoms with van der Waals surface area (Å²) in [5, 5.41) is 0. The molecule has 1 aromatic heterocycles. The van der Waals surface area contributed by atoms with Crippen LogP contribution in [0.25, 0.3) is 10.4 Å². The fraction of sp³-hybridized carbons (Fsp3) is 0.368. The second-order valence-corrected chi connectivity index (χ2v) is 6.08. The molecule has 1 aromatic carbocycles. The van der Waals surface area contributed by atoms with Gasteiger partial charge in [-0.1, -0.05) is 36.4 Å². The van der Waals surface area contributed by atoms with Gasteiger partial charge in [0.1, 0.15) is 0 Å². The van der Waals surface area contributed by atoms with E-state index in [2.05, 4.69) is 48.2 Å². The standard InChI is InChI=1S/C11H11NS.C8H14O3/c1-8-4-3-5-10(6-8)11-7-9(2)12-13-11;1-3-8(9)11-7-5-4-6-10-2/h3-7H,1-2H3;3H,1,4-7H2,2H3. The van der Waals surface area contributed by atoms with Crippen LogP contribution in [0.5, 0.6) is 0 Å². The van der Waals surface area contributed by atoms with Gasteiger partial charge < -0.3 is 9.47 Å². The molecule has 0 atom stereocenters. The molecule has 2 rings (SSSR count). The summed E-state index contributed by atoms with van der Waals surface area (Å²) in [7, 11) is 1.65. The maximum Gasteiger partial charge on any atom is 0.330 e. The lowest BCUT2D eigenvalue weighted by molar-refractivity contribution is -0.137. The molecule has 0 unspecified atom stereocenters. The Morgan fingerprint density at radius 1 is 1.25 bits per heavy atom. The van der Waals surface area contributed by atoms with Crippen LogP contribution in [-0.2, 0) is 14.3 Å². The molecule has 0 saturated carbocycles. The zero-order valence-electron chi connectivity index (χ0n) is 14.6. The SMILES string of the molecule is C=CC(=O)OCCCCOC.Cc1cccc(-c2cc(C)ns2)c1. The van der Waals surface area contributed by atoms with E-state index < -0.39 is 0 Å². The van der Waals surface area contributed by atoms with E-state index in [0.717, 1.165) is 24.6 Å². The van der Waals surface area contributed by atoms with Crippen LogP contribution >= 0.6 is 11.5 Å². The minimum Gasteiger partial charge on any atom is -0.463 e. The maximum absolute atomic E-state index is 10.5. The summed E-state index contributed by atoms with van der Waals surface area (Å²) in [6.07, 6.45) is 2.92. The number of benzene rings is 1. The van der Waals surface area contributed by atoms with Gasteiger partial charge in [-0.15, -0.1) is 0 Å². The summed E-state index contributed by atoms with van der Waals surface area (Å²) in [4.78, 5) is 11.7. The van der Waals surface area contributed by atoms with Crippen molar-refractivity contribution in [2.75, 3.05) is 20.3 Å². The number of rotatable bonds is 7. The van der Waals surface area contributed by atoms with Gasteiger partial charge in [-0.05, 0) is 49.9 Å². The van der Waals surface area contributed by atoms with Crippen molar-refractivity contribution in [1.29, 1.82) is 0 Å². The van der Waals surface area contributed by atoms with Gasteiger partial charge in [0.05, 0.1) is 17.2 Å². The Hall–Kier alpha value is -1.98. The fourth-order valence-corrected chi connectivity index (χ4v) is 2.63. The number of aryl methyl sites for hydroxylation is 2. The highest BCUT2D eigenvalue weighted by Gasteiger charge is 2.00. The Morgan fingerprint density at radius 2 is 2.00 bits per heavy atom. The number of hydrogen-bond donors (Lipinski definition) is 0. The van der Waals surface area contributed by atoms with Gasteiger partial charge in [0.2, 0.25) is 0 Å². The number of unbranched alkanes of at least 4 members (excludes halogenated alkanes) is 1. The first-order valence-corrected chi connectivity index (χ1v) is 8.62. The maximum atomic E-state index is 10.5. The summed E-state index contributed by atoms with van der Waals surface area (Å²) in [6.45, 7) is 8.58. The summed E-state index contributed by atoms with van der Waals surface area (Å²) in [5.41, 5.74) is 3.66. The number of esters is 1. The van der Waals surface area contributed by atoms with E-state index in [1.807, 2.05) is 6.92 Å². The molecule has 0 radical (unpaired) electrons. The van der Waals surface area contributed by atoms with Gasteiger partial charge in [0.25, 0.3) is 0 Å². The summed E-state index contributed by atoms with van der Waals surface area (Å²) < 4.78 is 13.8. The van der Waals surface area contributed by atoms with Gasteiger partial charge in [0.15, 0.2) is 0 Å². The van der Waals surface area contributed by atoms with Crippen LogP contribution in [-0.4, -0.2) is 30.7 Å². The smallest absolute Gasteiger partial charge is 0.330 e. The molecular formula is C19H25NO3S. The predicted octanol–water partition coefficient (Wildman–Crippen LogP) is 4.57. The Morgan fingerprint density at radius 3 is 2.58 bits per heavy atom. The number of ether oxygens (including phenoxy) is 2. The lowest BCUT2D eigenvalue weighted by Gasteiger charge is -2.00. The third kappa shape index (κ3) is 8.04. The van der Waals surface area contributed by atoms with Gasteiger partial charge >= 0.3 is 5.97 Å². The van der Waals surface area contributed by atoms with Crippen molar-refractivity contribution in [3.05, 3.63) is 54.2 Å². The molecule has 0 aliphatic carbocycles. The lowest BCUT2D eigenvalue weighted by atomic mass is 10.1. The summed E-state index contributed by atoms with van der Waals surface area (Å²) >= 11 is 1.56. The highest BCUT2D eigenvalue weighted by molar-refractivity contribution is 7.09. The average Bonchev–Trinajstić information content (AvgIpc) is 3.01. The summed E-state index contributed by atoms with van der Waals surface area (Å²) in [5.74, 6) is -0.359. The van der Waals surface area contributed by atoms with Gasteiger partial charge in [-0.3, -0.25) is 0 Å². The normalized spacial score (nSPS) is 9.79. The Kier molecular flexibility index (Phi) is 9.65. The van der Waals surface area contributed by atoms with Crippen LogP contribution in [0.4, 0.5) is 0 Å². The second-order valence-electron chi connectivity index (χ2n) is 5.27. The van der Waals surface area contributed by atoms with E-state index in [0.29, 0.717) is 13.2 Å². The minimum absolute atomic E-state index is 0.359. The predicted molar refractivity (Wildman–Crippen MR) is 99.3 cm³/mol. The Labute approximate surface area is 148 Å². The van der Waals surface area contributed by atoms with E-state index in [1.54, 1.807) is 18.6 Å². The third-order valence-electron chi connectivity index (χ3n) is 3.08. The molecule has 0 aliphatic heterocycles. The summed E-state index contributed by atoms with van der Waals surface area (Å²) in [6, 6.07) is 10.6. The molecule has 0 amide bonds. The monoisotopic (exact) mass is 347 g/mol. The van der Waals surface area contributed by atoms with Crippen LogP contribution in [0.1, 0.15) is 24.1 Å². The molecule has 24 heavy (non-hydrogen) atoms. The van der Waals surface area contributed by atoms with Gasteiger partial charge in [-0.25, -0.2) is 4.79 Å². The molecule has 0 spiro atoms. The molecule has 4 nitrogen and oxygen atoms in total. The molecule has 2 aromatic rings. The van der Waals surface area contributed by atoms with Crippen LogP contribution in [0.2, 0.25) is 0 Å². The quantitative estimate of drug-likeness (QED) is 0.418. The van der Waals surface area contributed by atoms with E-state index in [9.17, 15) is 4.79 Å². The molecule has 0 bridgehead atoms. The zero-order chi connectivity index (χ0) is 17.8. The molecular weight excluding hydrogens is 322 g/mol. The first-order valence-electron chi connectivity index (χ1n) is 7.85. The topological polar surface area (TPSA) is 48.4 Å². The molecule has 0 aliphatic rings. The van der Waals surface area contributed by atoms with Crippen molar-refractivity contribution in [2.45, 2.75) is 26.7 Å². The Bertz CT molecular complexity index is 637. The third-order valence-corrected chi connectivity index (χ3v) is 4.01. The van der Waals surface area contributed by atoms with Crippen molar-refractivity contribution in [3.63, 3.8) is 0 Å². The van der Waals surface area contributed by atoms with Crippen molar-refractivity contribution >= 4 is 17.5 Å². The van der Waals surface area contributed by atoms with E-state index >= 15 is 0 Å². The van der Waals surface area contributed by atoms with E-state index in [4.69, 9.17) is 9.47 Å². The van der Waals surface area contributed by atoms with Crippen molar-refractivity contribution in [2.24, 2.45) is 0 Å². The number of carbonyl (C=O) groups is 1. The molecule has 0 fully saturated rings. The van der Waals surface area contributed by atoms with Crippen molar-refractivity contribution in [1.82, 2.24) is 4.37 Å². The molecule has 0 saturated heterocycles. The molecule has 130 valence electrons. The van der Waals surface area contributed by atoms with Crippen molar-refractivity contribution < 1.29 is 14.3 Å². The fourth-order valence-electron chi connectivity index (χ4n) is 1.88. The van der Waals surface area contributed by atoms with Crippen LogP contribution in [0, 0.1) is 13.8 Å². The van der Waals surface area contributed by atoms with E-state index in [1.165, 1.54) is 16.0 Å². The lowest BCUT2D eigenvalue weighted by Crippen LogP contribution is -2.02. The zero-order valence-corrected chi connectivity index (χ0v) is 15.4. The number of methoxy groups -OCH3 is 1. The van der Waals surface area contributed by atoms with Crippen LogP contribution < -0.4 is 0 Å². The first kappa shape index (κ1) is 20.1. The first-order chi connectivity index (χ1) is 11.6. The highest BCUT2D eigenvalue weighted by Crippen LogP contribution is 2.24. The number of hydrogen-bond acceptors (Lipinski definition) is 5. The Balaban J connectivity index is 0.000000245. The van der Waals surface area contributed by atoms with Gasteiger partial charge in [-0.2, -0.15) is 4.37 Å². The van der Waals surface area contributed by atoms with E-state index in [-0.39, 0.29) is 5.97 Å². The molecule has 5 heteroatoms. The van der Waals surface area contributed by atoms with Crippen LogP contribution in [0.3, 0.4) is 0 Å². The molecule has 0 N–H and O–H groups in total. The van der Waals surface area contributed by atoms with Crippen molar-refractivity contribution in [3.8, 4) is 10.4 Å². The van der Waals surface area contributed by atoms with Gasteiger partial charge in [0, 0.05) is 19.8 Å². The van der Waals surface area contributed by atoms with Crippen LogP contribution in [0.15, 0.2) is 43.0 Å². The largest absolute Gasteiger partial charge is 0.463 e. The minimum atomic E-state index is -0.359. The number of aromatic nitrogens is 1. The number of nitrogens with zero attached hydrogens (tertiary/aromatic N) is 1. The molecule has 1 heterocycles. The number of carbonyl (C=O) groups excluding carboxylic acids is 1. The highest BCUT2D eigenvalue weighted by atomic mass is 32.1. The second kappa shape index (κ2) is 11.5. The average molecular weight is 347 g/mol.